The lowest BCUT2D eigenvalue weighted by molar-refractivity contribution is -0.124. The monoisotopic (exact) mass is 377 g/mol. The van der Waals surface area contributed by atoms with E-state index in [-0.39, 0.29) is 10.6 Å². The molecule has 0 spiro atoms. The predicted molar refractivity (Wildman–Crippen MR) is 98.9 cm³/mol. The van der Waals surface area contributed by atoms with E-state index in [2.05, 4.69) is 31.3 Å². The second-order valence-corrected chi connectivity index (χ2v) is 6.63. The van der Waals surface area contributed by atoms with Gasteiger partial charge in [0.15, 0.2) is 6.61 Å². The van der Waals surface area contributed by atoms with Crippen molar-refractivity contribution in [2.75, 3.05) is 13.2 Å². The zero-order valence-corrected chi connectivity index (χ0v) is 15.5. The Morgan fingerprint density at radius 3 is 2.46 bits per heavy atom. The van der Waals surface area contributed by atoms with E-state index in [0.29, 0.717) is 18.9 Å². The molecule has 0 saturated heterocycles. The number of esters is 1. The minimum absolute atomic E-state index is 0.179. The summed E-state index contributed by atoms with van der Waals surface area (Å²) in [5, 5.41) is 2.85. The summed E-state index contributed by atoms with van der Waals surface area (Å²) < 4.78 is 18.4. The fourth-order valence-corrected chi connectivity index (χ4v) is 2.49. The van der Waals surface area contributed by atoms with E-state index >= 15 is 0 Å². The molecule has 26 heavy (non-hydrogen) atoms. The first-order chi connectivity index (χ1) is 12.4. The molecule has 0 fully saturated rings. The molecule has 1 amide bonds. The predicted octanol–water partition coefficient (Wildman–Crippen LogP) is 4.12. The van der Waals surface area contributed by atoms with E-state index in [0.717, 1.165) is 11.6 Å². The first-order valence-electron chi connectivity index (χ1n) is 8.34. The van der Waals surface area contributed by atoms with Gasteiger partial charge in [-0.15, -0.1) is 0 Å². The zero-order chi connectivity index (χ0) is 19.1. The fraction of sp³-hybridized carbons (Fsp3) is 0.300. The third-order valence-corrected chi connectivity index (χ3v) is 4.10. The smallest absolute Gasteiger partial charge is 0.341 e. The van der Waals surface area contributed by atoms with Crippen LogP contribution in [0.5, 0.6) is 0 Å². The summed E-state index contributed by atoms with van der Waals surface area (Å²) in [6.07, 6.45) is 0.671. The third-order valence-electron chi connectivity index (χ3n) is 3.87. The Morgan fingerprint density at radius 2 is 1.85 bits per heavy atom. The molecule has 2 rings (SSSR count). The molecular weight excluding hydrogens is 357 g/mol. The SMILES string of the molecule is CC(C)c1ccc(CCNC(=O)COC(=O)c2ccc(Cl)cc2F)cc1. The number of carbonyl (C=O) groups excluding carboxylic acids is 2. The number of carbonyl (C=O) groups is 2. The van der Waals surface area contributed by atoms with Gasteiger partial charge in [-0.25, -0.2) is 9.18 Å². The molecule has 0 unspecified atom stereocenters. The Morgan fingerprint density at radius 1 is 1.15 bits per heavy atom. The van der Waals surface area contributed by atoms with Crippen molar-refractivity contribution in [1.29, 1.82) is 0 Å². The number of rotatable bonds is 7. The summed E-state index contributed by atoms with van der Waals surface area (Å²) in [5.41, 5.74) is 2.11. The molecule has 0 aliphatic heterocycles. The first kappa shape index (κ1) is 19.9. The van der Waals surface area contributed by atoms with Crippen molar-refractivity contribution in [3.05, 3.63) is 70.0 Å². The van der Waals surface area contributed by atoms with Crippen LogP contribution in [0.3, 0.4) is 0 Å². The number of amides is 1. The summed E-state index contributed by atoms with van der Waals surface area (Å²) in [6, 6.07) is 11.8. The van der Waals surface area contributed by atoms with Crippen LogP contribution in [0.25, 0.3) is 0 Å². The van der Waals surface area contributed by atoms with Crippen LogP contribution in [0.2, 0.25) is 5.02 Å². The Hall–Kier alpha value is -2.40. The number of ether oxygens (including phenoxy) is 1. The van der Waals surface area contributed by atoms with Crippen LogP contribution in [0, 0.1) is 5.82 Å². The Balaban J connectivity index is 1.74. The maximum atomic E-state index is 13.6. The van der Waals surface area contributed by atoms with E-state index in [4.69, 9.17) is 16.3 Å². The average molecular weight is 378 g/mol. The van der Waals surface area contributed by atoms with Gasteiger partial charge in [0.05, 0.1) is 5.56 Å². The summed E-state index contributed by atoms with van der Waals surface area (Å²) in [7, 11) is 0. The molecule has 0 aliphatic rings. The molecule has 4 nitrogen and oxygen atoms in total. The first-order valence-corrected chi connectivity index (χ1v) is 8.72. The Kier molecular flexibility index (Phi) is 7.16. The lowest BCUT2D eigenvalue weighted by Gasteiger charge is -2.09. The van der Waals surface area contributed by atoms with Crippen LogP contribution >= 0.6 is 11.6 Å². The molecule has 6 heteroatoms. The van der Waals surface area contributed by atoms with Crippen LogP contribution in [0.1, 0.15) is 41.3 Å². The van der Waals surface area contributed by atoms with Crippen LogP contribution in [0.4, 0.5) is 4.39 Å². The van der Waals surface area contributed by atoms with E-state index in [9.17, 15) is 14.0 Å². The van der Waals surface area contributed by atoms with Gasteiger partial charge in [-0.2, -0.15) is 0 Å². The van der Waals surface area contributed by atoms with Crippen LogP contribution < -0.4 is 5.32 Å². The third kappa shape index (κ3) is 5.85. The molecule has 2 aromatic carbocycles. The molecule has 0 radical (unpaired) electrons. The quantitative estimate of drug-likeness (QED) is 0.738. The van der Waals surface area contributed by atoms with E-state index in [1.54, 1.807) is 0 Å². The lowest BCUT2D eigenvalue weighted by atomic mass is 10.0. The van der Waals surface area contributed by atoms with Gasteiger partial charge in [-0.3, -0.25) is 4.79 Å². The number of hydrogen-bond acceptors (Lipinski definition) is 3. The highest BCUT2D eigenvalue weighted by molar-refractivity contribution is 6.30. The number of nitrogens with one attached hydrogen (secondary N) is 1. The highest BCUT2D eigenvalue weighted by Gasteiger charge is 2.15. The van der Waals surface area contributed by atoms with Gasteiger partial charge in [-0.05, 0) is 41.7 Å². The number of benzene rings is 2. The van der Waals surface area contributed by atoms with Crippen molar-refractivity contribution in [3.8, 4) is 0 Å². The van der Waals surface area contributed by atoms with Crippen LogP contribution in [-0.2, 0) is 16.0 Å². The zero-order valence-electron chi connectivity index (χ0n) is 14.7. The standard InChI is InChI=1S/C20H21ClFNO3/c1-13(2)15-5-3-14(4-6-15)9-10-23-19(24)12-26-20(25)17-8-7-16(21)11-18(17)22/h3-8,11,13H,9-10,12H2,1-2H3,(H,23,24). The number of halogens is 2. The van der Waals surface area contributed by atoms with Crippen molar-refractivity contribution in [3.63, 3.8) is 0 Å². The van der Waals surface area contributed by atoms with Crippen molar-refractivity contribution in [1.82, 2.24) is 5.32 Å². The normalized spacial score (nSPS) is 10.7. The fourth-order valence-electron chi connectivity index (χ4n) is 2.33. The highest BCUT2D eigenvalue weighted by atomic mass is 35.5. The minimum atomic E-state index is -0.904. The second-order valence-electron chi connectivity index (χ2n) is 6.20. The molecule has 2 aromatic rings. The minimum Gasteiger partial charge on any atom is -0.452 e. The van der Waals surface area contributed by atoms with Gasteiger partial charge in [0.2, 0.25) is 0 Å². The topological polar surface area (TPSA) is 55.4 Å². The maximum Gasteiger partial charge on any atom is 0.341 e. The Labute approximate surface area is 157 Å². The molecule has 0 heterocycles. The highest BCUT2D eigenvalue weighted by Crippen LogP contribution is 2.16. The summed E-state index contributed by atoms with van der Waals surface area (Å²) in [5.74, 6) is -1.65. The summed E-state index contributed by atoms with van der Waals surface area (Å²) in [6.45, 7) is 4.22. The lowest BCUT2D eigenvalue weighted by Crippen LogP contribution is -2.30. The van der Waals surface area contributed by atoms with Crippen LogP contribution in [0.15, 0.2) is 42.5 Å². The molecule has 0 atom stereocenters. The largest absolute Gasteiger partial charge is 0.452 e. The molecule has 138 valence electrons. The van der Waals surface area contributed by atoms with E-state index < -0.39 is 24.3 Å². The molecular formula is C20H21ClFNO3. The molecule has 0 saturated carbocycles. The van der Waals surface area contributed by atoms with Gasteiger partial charge < -0.3 is 10.1 Å². The molecule has 0 aliphatic carbocycles. The van der Waals surface area contributed by atoms with Crippen molar-refractivity contribution in [2.24, 2.45) is 0 Å². The van der Waals surface area contributed by atoms with Gasteiger partial charge >= 0.3 is 5.97 Å². The summed E-state index contributed by atoms with van der Waals surface area (Å²) >= 11 is 5.62. The van der Waals surface area contributed by atoms with Crippen molar-refractivity contribution in [2.45, 2.75) is 26.2 Å². The van der Waals surface area contributed by atoms with Crippen molar-refractivity contribution < 1.29 is 18.7 Å². The van der Waals surface area contributed by atoms with Gasteiger partial charge in [0, 0.05) is 11.6 Å². The van der Waals surface area contributed by atoms with E-state index in [1.165, 1.54) is 17.7 Å². The Bertz CT molecular complexity index is 775. The molecule has 1 N–H and O–H groups in total. The van der Waals surface area contributed by atoms with Gasteiger partial charge in [-0.1, -0.05) is 49.7 Å². The van der Waals surface area contributed by atoms with Crippen molar-refractivity contribution >= 4 is 23.5 Å². The summed E-state index contributed by atoms with van der Waals surface area (Å²) in [4.78, 5) is 23.5. The van der Waals surface area contributed by atoms with Gasteiger partial charge in [0.1, 0.15) is 5.82 Å². The van der Waals surface area contributed by atoms with Gasteiger partial charge in [0.25, 0.3) is 5.91 Å². The molecule has 0 aromatic heterocycles. The average Bonchev–Trinajstić information content (AvgIpc) is 2.60. The van der Waals surface area contributed by atoms with E-state index in [1.807, 2.05) is 12.1 Å². The number of hydrogen-bond donors (Lipinski definition) is 1. The second kappa shape index (κ2) is 9.34. The maximum absolute atomic E-state index is 13.6. The molecule has 0 bridgehead atoms. The van der Waals surface area contributed by atoms with Crippen LogP contribution in [-0.4, -0.2) is 25.0 Å².